The standard InChI is InChI=1S/C18H25N5O2/c1-5-23-13(3)16(12(2)20-23)18(25)22-10-7-14(8-11-22)17(24)15-6-9-19-21(15)4/h6,9,14H,5,7-8,10-11H2,1-4H3. The highest BCUT2D eigenvalue weighted by Crippen LogP contribution is 2.24. The van der Waals surface area contributed by atoms with Gasteiger partial charge in [-0.2, -0.15) is 10.2 Å². The van der Waals surface area contributed by atoms with Crippen LogP contribution in [0.25, 0.3) is 0 Å². The van der Waals surface area contributed by atoms with Gasteiger partial charge >= 0.3 is 0 Å². The van der Waals surface area contributed by atoms with Crippen molar-refractivity contribution in [1.82, 2.24) is 24.5 Å². The summed E-state index contributed by atoms with van der Waals surface area (Å²) in [5.74, 6) is 0.111. The van der Waals surface area contributed by atoms with E-state index in [-0.39, 0.29) is 17.6 Å². The molecule has 2 aromatic rings. The minimum Gasteiger partial charge on any atom is -0.338 e. The molecule has 3 heterocycles. The Bertz CT molecular complexity index is 796. The summed E-state index contributed by atoms with van der Waals surface area (Å²) in [5, 5.41) is 8.50. The third-order valence-electron chi connectivity index (χ3n) is 5.12. The molecule has 1 saturated heterocycles. The van der Waals surface area contributed by atoms with E-state index in [2.05, 4.69) is 10.2 Å². The molecule has 0 aromatic carbocycles. The fourth-order valence-electron chi connectivity index (χ4n) is 3.64. The van der Waals surface area contributed by atoms with E-state index in [1.54, 1.807) is 24.0 Å². The second-order valence-corrected chi connectivity index (χ2v) is 6.63. The van der Waals surface area contributed by atoms with Crippen LogP contribution in [0.3, 0.4) is 0 Å². The predicted molar refractivity (Wildman–Crippen MR) is 93.5 cm³/mol. The molecule has 0 unspecified atom stereocenters. The SMILES string of the molecule is CCn1nc(C)c(C(=O)N2CCC(C(=O)c3ccnn3C)CC2)c1C. The van der Waals surface area contributed by atoms with Gasteiger partial charge in [-0.1, -0.05) is 0 Å². The number of Topliss-reactive ketones (excluding diaryl/α,β-unsaturated/α-hetero) is 1. The summed E-state index contributed by atoms with van der Waals surface area (Å²) < 4.78 is 3.48. The lowest BCUT2D eigenvalue weighted by Crippen LogP contribution is -2.40. The van der Waals surface area contributed by atoms with E-state index in [4.69, 9.17) is 0 Å². The van der Waals surface area contributed by atoms with Gasteiger partial charge in [-0.15, -0.1) is 0 Å². The quantitative estimate of drug-likeness (QED) is 0.796. The molecule has 0 saturated carbocycles. The summed E-state index contributed by atoms with van der Waals surface area (Å²) in [4.78, 5) is 27.4. The summed E-state index contributed by atoms with van der Waals surface area (Å²) in [5.41, 5.74) is 3.04. The van der Waals surface area contributed by atoms with Crippen LogP contribution >= 0.6 is 0 Å². The summed E-state index contributed by atoms with van der Waals surface area (Å²) in [6.45, 7) is 7.79. The van der Waals surface area contributed by atoms with Crippen molar-refractivity contribution in [2.24, 2.45) is 13.0 Å². The van der Waals surface area contributed by atoms with Gasteiger partial charge in [-0.3, -0.25) is 19.0 Å². The van der Waals surface area contributed by atoms with Gasteiger partial charge in [0.05, 0.1) is 11.3 Å². The minimum absolute atomic E-state index is 0.0288. The largest absolute Gasteiger partial charge is 0.338 e. The molecule has 7 heteroatoms. The molecular weight excluding hydrogens is 318 g/mol. The van der Waals surface area contributed by atoms with E-state index < -0.39 is 0 Å². The fourth-order valence-corrected chi connectivity index (χ4v) is 3.64. The Labute approximate surface area is 147 Å². The van der Waals surface area contributed by atoms with Crippen molar-refractivity contribution in [2.75, 3.05) is 13.1 Å². The Morgan fingerprint density at radius 3 is 2.44 bits per heavy atom. The minimum atomic E-state index is -0.0417. The zero-order valence-corrected chi connectivity index (χ0v) is 15.3. The van der Waals surface area contributed by atoms with Gasteiger partial charge < -0.3 is 4.90 Å². The van der Waals surface area contributed by atoms with Crippen LogP contribution in [0.5, 0.6) is 0 Å². The molecule has 0 aliphatic carbocycles. The van der Waals surface area contributed by atoms with E-state index in [0.29, 0.717) is 37.2 Å². The molecule has 1 aliphatic heterocycles. The van der Waals surface area contributed by atoms with Crippen LogP contribution in [0.4, 0.5) is 0 Å². The Morgan fingerprint density at radius 2 is 1.92 bits per heavy atom. The van der Waals surface area contributed by atoms with Gasteiger partial charge in [-0.05, 0) is 39.7 Å². The molecule has 0 N–H and O–H groups in total. The molecule has 0 bridgehead atoms. The molecule has 1 amide bonds. The van der Waals surface area contributed by atoms with Crippen LogP contribution in [0.2, 0.25) is 0 Å². The topological polar surface area (TPSA) is 73.0 Å². The zero-order valence-electron chi connectivity index (χ0n) is 15.3. The molecule has 7 nitrogen and oxygen atoms in total. The first-order valence-electron chi connectivity index (χ1n) is 8.79. The smallest absolute Gasteiger partial charge is 0.257 e. The van der Waals surface area contributed by atoms with Gasteiger partial charge in [0.25, 0.3) is 5.91 Å². The number of aromatic nitrogens is 4. The number of hydrogen-bond donors (Lipinski definition) is 0. The van der Waals surface area contributed by atoms with Crippen molar-refractivity contribution >= 4 is 11.7 Å². The van der Waals surface area contributed by atoms with Gasteiger partial charge in [0.1, 0.15) is 5.69 Å². The fraction of sp³-hybridized carbons (Fsp3) is 0.556. The molecule has 134 valence electrons. The summed E-state index contributed by atoms with van der Waals surface area (Å²) in [7, 11) is 1.78. The molecule has 0 atom stereocenters. The average molecular weight is 343 g/mol. The zero-order chi connectivity index (χ0) is 18.1. The number of rotatable bonds is 4. The molecular formula is C18H25N5O2. The monoisotopic (exact) mass is 343 g/mol. The third-order valence-corrected chi connectivity index (χ3v) is 5.12. The first-order chi connectivity index (χ1) is 11.9. The Morgan fingerprint density at radius 1 is 1.24 bits per heavy atom. The van der Waals surface area contributed by atoms with Crippen LogP contribution in [0.15, 0.2) is 12.3 Å². The highest BCUT2D eigenvalue weighted by molar-refractivity contribution is 5.98. The number of ketones is 1. The normalized spacial score (nSPS) is 15.6. The van der Waals surface area contributed by atoms with Crippen LogP contribution < -0.4 is 0 Å². The molecule has 0 radical (unpaired) electrons. The van der Waals surface area contributed by atoms with Crippen molar-refractivity contribution in [3.8, 4) is 0 Å². The van der Waals surface area contributed by atoms with Crippen molar-refractivity contribution in [3.63, 3.8) is 0 Å². The number of hydrogen-bond acceptors (Lipinski definition) is 4. The lowest BCUT2D eigenvalue weighted by molar-refractivity contribution is 0.0646. The third kappa shape index (κ3) is 3.10. The molecule has 1 fully saturated rings. The van der Waals surface area contributed by atoms with Crippen molar-refractivity contribution in [3.05, 3.63) is 34.9 Å². The highest BCUT2D eigenvalue weighted by atomic mass is 16.2. The number of amides is 1. The summed E-state index contributed by atoms with van der Waals surface area (Å²) >= 11 is 0. The Kier molecular flexibility index (Phi) is 4.74. The van der Waals surface area contributed by atoms with Crippen LogP contribution in [-0.4, -0.2) is 49.2 Å². The molecule has 3 rings (SSSR count). The number of likely N-dealkylation sites (tertiary alicyclic amines) is 1. The summed E-state index contributed by atoms with van der Waals surface area (Å²) in [6, 6.07) is 1.76. The van der Waals surface area contributed by atoms with E-state index in [1.807, 2.05) is 30.4 Å². The van der Waals surface area contributed by atoms with Crippen molar-refractivity contribution in [2.45, 2.75) is 40.2 Å². The van der Waals surface area contributed by atoms with E-state index >= 15 is 0 Å². The second-order valence-electron chi connectivity index (χ2n) is 6.63. The van der Waals surface area contributed by atoms with Gasteiger partial charge in [0, 0.05) is 44.5 Å². The number of carbonyl (C=O) groups excluding carboxylic acids is 2. The van der Waals surface area contributed by atoms with E-state index in [0.717, 1.165) is 17.9 Å². The Balaban J connectivity index is 1.68. The first-order valence-corrected chi connectivity index (χ1v) is 8.79. The Hall–Kier alpha value is -2.44. The van der Waals surface area contributed by atoms with Crippen LogP contribution in [0, 0.1) is 19.8 Å². The number of aryl methyl sites for hydroxylation is 3. The summed E-state index contributed by atoms with van der Waals surface area (Å²) in [6.07, 6.45) is 3.02. The van der Waals surface area contributed by atoms with Crippen molar-refractivity contribution < 1.29 is 9.59 Å². The van der Waals surface area contributed by atoms with E-state index in [9.17, 15) is 9.59 Å². The maximum Gasteiger partial charge on any atom is 0.257 e. The average Bonchev–Trinajstić information content (AvgIpc) is 3.16. The lowest BCUT2D eigenvalue weighted by atomic mass is 9.90. The number of nitrogens with zero attached hydrogens (tertiary/aromatic N) is 5. The van der Waals surface area contributed by atoms with Crippen LogP contribution in [0.1, 0.15) is 52.0 Å². The molecule has 0 spiro atoms. The molecule has 1 aliphatic rings. The van der Waals surface area contributed by atoms with E-state index in [1.165, 1.54) is 0 Å². The maximum absolute atomic E-state index is 12.9. The maximum atomic E-state index is 12.9. The molecule has 2 aromatic heterocycles. The van der Waals surface area contributed by atoms with Gasteiger partial charge in [-0.25, -0.2) is 0 Å². The predicted octanol–water partition coefficient (Wildman–Crippen LogP) is 1.99. The second kappa shape index (κ2) is 6.82. The van der Waals surface area contributed by atoms with Crippen molar-refractivity contribution in [1.29, 1.82) is 0 Å². The number of piperidine rings is 1. The highest BCUT2D eigenvalue weighted by Gasteiger charge is 2.31. The lowest BCUT2D eigenvalue weighted by Gasteiger charge is -2.31. The van der Waals surface area contributed by atoms with Gasteiger partial charge in [0.15, 0.2) is 5.78 Å². The molecule has 25 heavy (non-hydrogen) atoms. The number of carbonyl (C=O) groups is 2. The van der Waals surface area contributed by atoms with Crippen LogP contribution in [-0.2, 0) is 13.6 Å². The van der Waals surface area contributed by atoms with Gasteiger partial charge in [0.2, 0.25) is 0 Å². The first kappa shape index (κ1) is 17.4.